The molecule has 0 bridgehead atoms. The van der Waals surface area contributed by atoms with E-state index in [2.05, 4.69) is 0 Å². The Hall–Kier alpha value is -1.75. The summed E-state index contributed by atoms with van der Waals surface area (Å²) in [6.07, 6.45) is 1.47. The van der Waals surface area contributed by atoms with Gasteiger partial charge in [-0.05, 0) is 68.5 Å². The smallest absolute Gasteiger partial charge is 0.264 e. The zero-order valence-corrected chi connectivity index (χ0v) is 21.0. The number of hydrogen-bond acceptors (Lipinski definition) is 6. The molecular weight excluding hydrogens is 510 g/mol. The predicted molar refractivity (Wildman–Crippen MR) is 123 cm³/mol. The highest BCUT2D eigenvalue weighted by Gasteiger charge is 2.60. The number of ether oxygens (including phenoxy) is 1. The number of fused-ring (bicyclic) bond motifs is 3. The fraction of sp³-hybridized carbons (Fsp3) is 0.478. The molecule has 1 aliphatic heterocycles. The molecule has 2 aromatic rings. The standard InChI is InChI=1S/C23H25ClF2O6S2/c1-14(32-33(2,27)28)12-15-4-3-11-23(34(29,30)17-7-5-16(24)6-8-17)18(15)13-31-22-20(26)10-9-19(25)21(22)23/h5-10,14-15,18H,3-4,11-13H2,1-2H3/t14?,15-,18-,23-/m0/s1. The van der Waals surface area contributed by atoms with Gasteiger partial charge in [-0.25, -0.2) is 17.2 Å². The lowest BCUT2D eigenvalue weighted by atomic mass is 9.66. The van der Waals surface area contributed by atoms with Crippen LogP contribution in [0.15, 0.2) is 41.3 Å². The van der Waals surface area contributed by atoms with E-state index in [9.17, 15) is 21.2 Å². The Bertz CT molecular complexity index is 1300. The molecular formula is C23H25ClF2O6S2. The quantitative estimate of drug-likeness (QED) is 0.492. The maximum absolute atomic E-state index is 15.4. The minimum absolute atomic E-state index is 0.0560. The van der Waals surface area contributed by atoms with Crippen LogP contribution in [0, 0.1) is 23.5 Å². The van der Waals surface area contributed by atoms with Gasteiger partial charge in [0.15, 0.2) is 21.4 Å². The number of sulfone groups is 1. The van der Waals surface area contributed by atoms with Crippen LogP contribution in [0.2, 0.25) is 5.02 Å². The largest absolute Gasteiger partial charge is 0.490 e. The van der Waals surface area contributed by atoms with Gasteiger partial charge in [-0.15, -0.1) is 0 Å². The van der Waals surface area contributed by atoms with Crippen molar-refractivity contribution in [1.29, 1.82) is 0 Å². The van der Waals surface area contributed by atoms with Crippen LogP contribution >= 0.6 is 11.6 Å². The molecule has 1 saturated carbocycles. The number of halogens is 3. The third kappa shape index (κ3) is 4.34. The summed E-state index contributed by atoms with van der Waals surface area (Å²) >= 11 is 5.96. The molecule has 0 aromatic heterocycles. The zero-order chi connectivity index (χ0) is 24.9. The van der Waals surface area contributed by atoms with Crippen LogP contribution in [0.4, 0.5) is 8.78 Å². The average Bonchev–Trinajstić information content (AvgIpc) is 2.74. The Labute approximate surface area is 203 Å². The molecule has 4 atom stereocenters. The van der Waals surface area contributed by atoms with E-state index in [1.807, 2.05) is 0 Å². The lowest BCUT2D eigenvalue weighted by molar-refractivity contribution is 0.0517. The molecule has 1 heterocycles. The number of hydrogen-bond donors (Lipinski definition) is 0. The fourth-order valence-corrected chi connectivity index (χ4v) is 8.80. The third-order valence-corrected chi connectivity index (χ3v) is 10.3. The summed E-state index contributed by atoms with van der Waals surface area (Å²) in [5.41, 5.74) is -0.305. The number of benzene rings is 2. The first-order chi connectivity index (χ1) is 15.9. The van der Waals surface area contributed by atoms with Crippen molar-refractivity contribution in [3.63, 3.8) is 0 Å². The van der Waals surface area contributed by atoms with E-state index in [1.54, 1.807) is 6.92 Å². The van der Waals surface area contributed by atoms with E-state index in [-0.39, 0.29) is 35.8 Å². The molecule has 4 rings (SSSR count). The molecule has 1 unspecified atom stereocenters. The summed E-state index contributed by atoms with van der Waals surface area (Å²) in [5, 5.41) is 0.339. The van der Waals surface area contributed by atoms with E-state index in [0.29, 0.717) is 17.9 Å². The summed E-state index contributed by atoms with van der Waals surface area (Å²) in [6.45, 7) is 1.43. The Morgan fingerprint density at radius 3 is 2.41 bits per heavy atom. The van der Waals surface area contributed by atoms with Crippen LogP contribution < -0.4 is 4.74 Å². The second-order valence-electron chi connectivity index (χ2n) is 9.00. The van der Waals surface area contributed by atoms with Gasteiger partial charge in [-0.1, -0.05) is 18.0 Å². The second-order valence-corrected chi connectivity index (χ2v) is 13.2. The summed E-state index contributed by atoms with van der Waals surface area (Å²) in [7, 11) is -7.99. The van der Waals surface area contributed by atoms with Crippen LogP contribution in [-0.2, 0) is 28.9 Å². The normalized spacial score (nSPS) is 25.7. The van der Waals surface area contributed by atoms with Crippen molar-refractivity contribution in [1.82, 2.24) is 0 Å². The van der Waals surface area contributed by atoms with E-state index >= 15 is 4.39 Å². The van der Waals surface area contributed by atoms with Crippen LogP contribution in [-0.4, -0.2) is 35.8 Å². The van der Waals surface area contributed by atoms with Crippen LogP contribution in [0.25, 0.3) is 0 Å². The predicted octanol–water partition coefficient (Wildman–Crippen LogP) is 4.85. The van der Waals surface area contributed by atoms with Crippen molar-refractivity contribution in [3.05, 3.63) is 58.6 Å². The molecule has 2 aromatic carbocycles. The van der Waals surface area contributed by atoms with Gasteiger partial charge >= 0.3 is 0 Å². The van der Waals surface area contributed by atoms with E-state index in [4.69, 9.17) is 20.5 Å². The average molecular weight is 535 g/mol. The molecule has 0 amide bonds. The topological polar surface area (TPSA) is 86.7 Å². The Balaban J connectivity index is 1.90. The molecule has 34 heavy (non-hydrogen) atoms. The SMILES string of the molecule is CC(C[C@@H]1CCC[C@@]2(S(=O)(=O)c3ccc(Cl)cc3)c3c(F)ccc(F)c3OC[C@@H]12)OS(C)(=O)=O. The highest BCUT2D eigenvalue weighted by Crippen LogP contribution is 2.58. The zero-order valence-electron chi connectivity index (χ0n) is 18.6. The Morgan fingerprint density at radius 1 is 1.12 bits per heavy atom. The molecule has 0 radical (unpaired) electrons. The van der Waals surface area contributed by atoms with Crippen molar-refractivity contribution >= 4 is 31.6 Å². The summed E-state index contributed by atoms with van der Waals surface area (Å²) in [5.74, 6) is -3.22. The molecule has 6 nitrogen and oxygen atoms in total. The van der Waals surface area contributed by atoms with Crippen LogP contribution in [0.3, 0.4) is 0 Å². The van der Waals surface area contributed by atoms with Crippen LogP contribution in [0.1, 0.15) is 38.2 Å². The summed E-state index contributed by atoms with van der Waals surface area (Å²) in [6, 6.07) is 7.41. The Kier molecular flexibility index (Phi) is 6.74. The lowest BCUT2D eigenvalue weighted by Gasteiger charge is -2.50. The molecule has 0 saturated heterocycles. The molecule has 0 N–H and O–H groups in total. The molecule has 11 heteroatoms. The minimum atomic E-state index is -4.26. The summed E-state index contributed by atoms with van der Waals surface area (Å²) in [4.78, 5) is -0.0560. The first-order valence-corrected chi connectivity index (χ1v) is 14.5. The lowest BCUT2D eigenvalue weighted by Crippen LogP contribution is -2.54. The Morgan fingerprint density at radius 2 is 1.76 bits per heavy atom. The van der Waals surface area contributed by atoms with Gasteiger partial charge < -0.3 is 4.74 Å². The first kappa shape index (κ1) is 25.3. The van der Waals surface area contributed by atoms with Crippen molar-refractivity contribution in [2.24, 2.45) is 11.8 Å². The second kappa shape index (κ2) is 9.04. The summed E-state index contributed by atoms with van der Waals surface area (Å²) < 4.78 is 90.7. The van der Waals surface area contributed by atoms with E-state index < -0.39 is 54.1 Å². The highest BCUT2D eigenvalue weighted by molar-refractivity contribution is 7.92. The minimum Gasteiger partial charge on any atom is -0.490 e. The van der Waals surface area contributed by atoms with E-state index in [1.165, 1.54) is 24.3 Å². The molecule has 186 valence electrons. The molecule has 0 spiro atoms. The van der Waals surface area contributed by atoms with Crippen LogP contribution in [0.5, 0.6) is 5.75 Å². The fourth-order valence-electron chi connectivity index (χ4n) is 5.56. The molecule has 1 fully saturated rings. The van der Waals surface area contributed by atoms with Gasteiger partial charge in [0, 0.05) is 10.9 Å². The van der Waals surface area contributed by atoms with Gasteiger partial charge in [0.05, 0.1) is 29.4 Å². The van der Waals surface area contributed by atoms with Gasteiger partial charge in [-0.3, -0.25) is 4.18 Å². The first-order valence-electron chi connectivity index (χ1n) is 10.9. The van der Waals surface area contributed by atoms with Crippen molar-refractivity contribution < 1.29 is 34.5 Å². The van der Waals surface area contributed by atoms with Crippen molar-refractivity contribution in [2.45, 2.75) is 48.4 Å². The maximum Gasteiger partial charge on any atom is 0.264 e. The third-order valence-electron chi connectivity index (χ3n) is 6.76. The van der Waals surface area contributed by atoms with Crippen molar-refractivity contribution in [2.75, 3.05) is 12.9 Å². The molecule has 2 aliphatic rings. The van der Waals surface area contributed by atoms with Gasteiger partial charge in [-0.2, -0.15) is 8.42 Å². The van der Waals surface area contributed by atoms with Gasteiger partial charge in [0.1, 0.15) is 10.6 Å². The van der Waals surface area contributed by atoms with Gasteiger partial charge in [0.25, 0.3) is 10.1 Å². The monoisotopic (exact) mass is 534 g/mol. The van der Waals surface area contributed by atoms with E-state index in [0.717, 1.165) is 18.4 Å². The number of rotatable bonds is 6. The highest BCUT2D eigenvalue weighted by atomic mass is 35.5. The molecule has 1 aliphatic carbocycles. The van der Waals surface area contributed by atoms with Crippen molar-refractivity contribution in [3.8, 4) is 5.75 Å². The van der Waals surface area contributed by atoms with Gasteiger partial charge in [0.2, 0.25) is 0 Å². The maximum atomic E-state index is 15.4.